The number of fused-ring (bicyclic) bond motifs is 4. The third-order valence-electron chi connectivity index (χ3n) is 9.89. The van der Waals surface area contributed by atoms with Crippen LogP contribution in [0.4, 0.5) is 0 Å². The molecule has 3 aromatic carbocycles. The number of aliphatic hydroxyl groups is 1. The molecule has 0 saturated heterocycles. The maximum atomic E-state index is 12.3. The summed E-state index contributed by atoms with van der Waals surface area (Å²) in [6.45, 7) is 30.4. The Morgan fingerprint density at radius 1 is 0.769 bits per heavy atom. The first-order valence-electron chi connectivity index (χ1n) is 18.9. The second kappa shape index (κ2) is 17.5. The molecule has 0 saturated carbocycles. The zero-order valence-electron chi connectivity index (χ0n) is 34.1. The number of hydrogen-bond acceptors (Lipinski definition) is 4. The molecule has 0 aliphatic heterocycles. The number of rotatable bonds is 9. The van der Waals surface area contributed by atoms with Gasteiger partial charge in [-0.3, -0.25) is 9.78 Å². The van der Waals surface area contributed by atoms with Gasteiger partial charge in [0.25, 0.3) is 0 Å². The van der Waals surface area contributed by atoms with Gasteiger partial charge < -0.3 is 5.11 Å². The van der Waals surface area contributed by atoms with E-state index in [0.29, 0.717) is 23.7 Å². The topological polar surface area (TPSA) is 50.2 Å². The number of allylic oxidation sites excluding steroid dienone is 2. The van der Waals surface area contributed by atoms with E-state index >= 15 is 0 Å². The van der Waals surface area contributed by atoms with Crippen LogP contribution in [0.25, 0.3) is 42.2 Å². The van der Waals surface area contributed by atoms with Crippen molar-refractivity contribution in [2.24, 2.45) is 40.9 Å². The summed E-state index contributed by atoms with van der Waals surface area (Å²) in [7, 11) is 0. The standard InChI is InChI=1S/C30H30NS.C17H32O2.Ir/c1-29(2,3)18-20-11-9-13-23-24-14-15-31-26(28(24)32-27(20)23)21-16-19-10-7-8-12-22(19)25(17-21)30(4,5)6;1-10(2)16(11(3)4)14(18)9-15(19)17(12(5)6)13(7)8;/h7-15,17H,18H2,1-6H3;9-13,16-18H,1-8H3;/q-1;;/b;14-9-;. The minimum atomic E-state index is -0.0119. The number of ketones is 1. The average Bonchev–Trinajstić information content (AvgIpc) is 3.39. The zero-order valence-corrected chi connectivity index (χ0v) is 37.3. The number of benzene rings is 3. The number of carbonyl (C=O) groups is 1. The van der Waals surface area contributed by atoms with Gasteiger partial charge in [0.2, 0.25) is 0 Å². The molecule has 0 aliphatic carbocycles. The summed E-state index contributed by atoms with van der Waals surface area (Å²) in [5, 5.41) is 15.3. The van der Waals surface area contributed by atoms with E-state index in [9.17, 15) is 9.90 Å². The molecule has 1 radical (unpaired) electrons. The molecule has 5 aromatic rings. The molecule has 1 N–H and O–H groups in total. The van der Waals surface area contributed by atoms with E-state index in [2.05, 4.69) is 158 Å². The van der Waals surface area contributed by atoms with Gasteiger partial charge in [-0.2, -0.15) is 0 Å². The summed E-state index contributed by atoms with van der Waals surface area (Å²) in [5.41, 5.74) is 5.19. The van der Waals surface area contributed by atoms with Gasteiger partial charge in [-0.1, -0.05) is 144 Å². The van der Waals surface area contributed by atoms with Crippen molar-refractivity contribution < 1.29 is 30.0 Å². The van der Waals surface area contributed by atoms with Crippen molar-refractivity contribution in [3.05, 3.63) is 89.8 Å². The van der Waals surface area contributed by atoms with E-state index < -0.39 is 0 Å². The summed E-state index contributed by atoms with van der Waals surface area (Å²) in [6, 6.07) is 23.5. The van der Waals surface area contributed by atoms with Gasteiger partial charge in [0.05, 0.1) is 5.76 Å². The van der Waals surface area contributed by atoms with E-state index in [1.54, 1.807) is 0 Å². The zero-order chi connectivity index (χ0) is 38.0. The smallest absolute Gasteiger partial charge is 0.162 e. The van der Waals surface area contributed by atoms with E-state index in [-0.39, 0.29) is 54.3 Å². The van der Waals surface area contributed by atoms with Crippen LogP contribution in [0, 0.1) is 47.0 Å². The molecular weight excluding hydrogens is 835 g/mol. The number of nitrogens with zero attached hydrogens (tertiary/aromatic N) is 1. The molecule has 0 fully saturated rings. The number of aromatic nitrogens is 1. The van der Waals surface area contributed by atoms with Gasteiger partial charge >= 0.3 is 0 Å². The molecule has 0 atom stereocenters. The Morgan fingerprint density at radius 2 is 1.33 bits per heavy atom. The molecule has 0 aliphatic rings. The van der Waals surface area contributed by atoms with Gasteiger partial charge in [0.1, 0.15) is 0 Å². The van der Waals surface area contributed by atoms with Crippen molar-refractivity contribution in [1.82, 2.24) is 4.98 Å². The predicted molar refractivity (Wildman–Crippen MR) is 223 cm³/mol. The van der Waals surface area contributed by atoms with E-state index in [1.165, 1.54) is 42.8 Å². The summed E-state index contributed by atoms with van der Waals surface area (Å²) < 4.78 is 2.65. The van der Waals surface area contributed by atoms with Crippen LogP contribution in [0.3, 0.4) is 0 Å². The van der Waals surface area contributed by atoms with Crippen molar-refractivity contribution in [2.45, 2.75) is 109 Å². The molecule has 3 nitrogen and oxygen atoms in total. The Labute approximate surface area is 332 Å². The molecule has 2 aromatic heterocycles. The SMILES string of the molecule is CC(C)(C)Cc1cccc2c1sc1c(-c3[c-]c4ccccc4c(C(C)(C)C)c3)nccc12.CC(C)C(C(=O)/C=C(\O)C(C(C)C)C(C)C)C(C)C.[Ir]. The van der Waals surface area contributed by atoms with Crippen LogP contribution < -0.4 is 0 Å². The number of thiophene rings is 1. The van der Waals surface area contributed by atoms with Crippen molar-refractivity contribution >= 4 is 48.1 Å². The quantitative estimate of drug-likeness (QED) is 0.0911. The molecule has 2 heterocycles. The second-order valence-corrected chi connectivity index (χ2v) is 19.1. The van der Waals surface area contributed by atoms with Crippen molar-refractivity contribution in [3.63, 3.8) is 0 Å². The number of hydrogen-bond donors (Lipinski definition) is 1. The maximum Gasteiger partial charge on any atom is 0.162 e. The fourth-order valence-electron chi connectivity index (χ4n) is 7.88. The molecule has 283 valence electrons. The molecule has 0 unspecified atom stereocenters. The molecule has 0 spiro atoms. The molecule has 5 heteroatoms. The third-order valence-corrected chi connectivity index (χ3v) is 11.2. The summed E-state index contributed by atoms with van der Waals surface area (Å²) >= 11 is 1.89. The molecular formula is C47H62IrNO2S-. The first-order chi connectivity index (χ1) is 23.7. The first-order valence-corrected chi connectivity index (χ1v) is 19.7. The summed E-state index contributed by atoms with van der Waals surface area (Å²) in [6.07, 6.45) is 4.51. The van der Waals surface area contributed by atoms with Gasteiger partial charge in [-0.15, -0.1) is 40.5 Å². The van der Waals surface area contributed by atoms with Gasteiger partial charge in [-0.25, -0.2) is 0 Å². The van der Waals surface area contributed by atoms with Crippen molar-refractivity contribution in [1.29, 1.82) is 0 Å². The Balaban J connectivity index is 0.000000317. The predicted octanol–water partition coefficient (Wildman–Crippen LogP) is 13.8. The third kappa shape index (κ3) is 10.2. The fourth-order valence-corrected chi connectivity index (χ4v) is 9.19. The van der Waals surface area contributed by atoms with Crippen LogP contribution >= 0.6 is 11.3 Å². The Bertz CT molecular complexity index is 1990. The molecule has 0 amide bonds. The first kappa shape index (κ1) is 43.6. The van der Waals surface area contributed by atoms with Crippen LogP contribution in [0.15, 0.2) is 72.6 Å². The Morgan fingerprint density at radius 3 is 1.88 bits per heavy atom. The van der Waals surface area contributed by atoms with E-state index in [4.69, 9.17) is 4.98 Å². The average molecular weight is 897 g/mol. The minimum Gasteiger partial charge on any atom is -0.512 e. The van der Waals surface area contributed by atoms with Crippen LogP contribution in [-0.2, 0) is 36.7 Å². The normalized spacial score (nSPS) is 12.9. The molecule has 0 bridgehead atoms. The number of carbonyl (C=O) groups excluding carboxylic acids is 1. The van der Waals surface area contributed by atoms with Crippen LogP contribution in [0.1, 0.15) is 108 Å². The summed E-state index contributed by atoms with van der Waals surface area (Å²) in [5.74, 6) is 1.63. The number of pyridine rings is 1. The van der Waals surface area contributed by atoms with Crippen LogP contribution in [0.5, 0.6) is 0 Å². The Hall–Kier alpha value is -2.85. The van der Waals surface area contributed by atoms with Gasteiger partial charge in [-0.05, 0) is 57.9 Å². The van der Waals surface area contributed by atoms with E-state index in [1.807, 2.05) is 17.5 Å². The monoisotopic (exact) mass is 897 g/mol. The maximum absolute atomic E-state index is 12.3. The molecule has 52 heavy (non-hydrogen) atoms. The van der Waals surface area contributed by atoms with E-state index in [0.717, 1.165) is 23.1 Å². The second-order valence-electron chi connectivity index (χ2n) is 18.1. The van der Waals surface area contributed by atoms with Crippen LogP contribution in [-0.4, -0.2) is 15.9 Å². The van der Waals surface area contributed by atoms with Crippen molar-refractivity contribution in [3.8, 4) is 11.3 Å². The fraction of sp³-hybridized carbons (Fsp3) is 0.489. The van der Waals surface area contributed by atoms with Gasteiger partial charge in [0.15, 0.2) is 5.78 Å². The summed E-state index contributed by atoms with van der Waals surface area (Å²) in [4.78, 5) is 17.2. The van der Waals surface area contributed by atoms with Crippen molar-refractivity contribution in [2.75, 3.05) is 0 Å². The minimum absolute atomic E-state index is 0. The van der Waals surface area contributed by atoms with Gasteiger partial charge in [0, 0.05) is 64.7 Å². The Kier molecular flexibility index (Phi) is 14.7. The number of aliphatic hydroxyl groups excluding tert-OH is 1. The van der Waals surface area contributed by atoms with Crippen LogP contribution in [0.2, 0.25) is 0 Å². The largest absolute Gasteiger partial charge is 0.512 e. The molecule has 5 rings (SSSR count).